The summed E-state index contributed by atoms with van der Waals surface area (Å²) in [6.07, 6.45) is 3.20. The normalized spacial score (nSPS) is 10.5. The van der Waals surface area contributed by atoms with E-state index in [9.17, 15) is 4.79 Å². The number of carbonyl (C=O) groups excluding carboxylic acids is 1. The van der Waals surface area contributed by atoms with Crippen LogP contribution in [0, 0.1) is 0 Å². The van der Waals surface area contributed by atoms with Crippen LogP contribution in [0.4, 0.5) is 5.69 Å². The Morgan fingerprint density at radius 2 is 1.86 bits per heavy atom. The van der Waals surface area contributed by atoms with E-state index in [4.69, 9.17) is 0 Å². The zero-order valence-electron chi connectivity index (χ0n) is 11.1. The first-order chi connectivity index (χ1) is 10.3. The molecular formula is C16H12BrN3O. The lowest BCUT2D eigenvalue weighted by Gasteiger charge is -2.10. The lowest BCUT2D eigenvalue weighted by molar-refractivity contribution is 0.102. The largest absolute Gasteiger partial charge is 0.322 e. The van der Waals surface area contributed by atoms with Gasteiger partial charge in [-0.25, -0.2) is 0 Å². The van der Waals surface area contributed by atoms with Crippen molar-refractivity contribution in [2.45, 2.75) is 5.33 Å². The molecule has 3 aromatic rings. The van der Waals surface area contributed by atoms with Crippen LogP contribution in [0.2, 0.25) is 0 Å². The summed E-state index contributed by atoms with van der Waals surface area (Å²) >= 11 is 3.42. The van der Waals surface area contributed by atoms with E-state index in [2.05, 4.69) is 31.2 Å². The van der Waals surface area contributed by atoms with Crippen molar-refractivity contribution in [2.75, 3.05) is 5.32 Å². The van der Waals surface area contributed by atoms with Crippen molar-refractivity contribution in [3.8, 4) is 0 Å². The minimum Gasteiger partial charge on any atom is -0.322 e. The number of rotatable bonds is 3. The van der Waals surface area contributed by atoms with E-state index in [1.54, 1.807) is 18.5 Å². The molecule has 0 fully saturated rings. The van der Waals surface area contributed by atoms with Gasteiger partial charge in [0, 0.05) is 23.4 Å². The summed E-state index contributed by atoms with van der Waals surface area (Å²) in [5.41, 5.74) is 3.65. The van der Waals surface area contributed by atoms with Gasteiger partial charge in [0.2, 0.25) is 0 Å². The smallest absolute Gasteiger partial charge is 0.257 e. The topological polar surface area (TPSA) is 54.9 Å². The van der Waals surface area contributed by atoms with E-state index in [1.807, 2.05) is 36.4 Å². The van der Waals surface area contributed by atoms with Gasteiger partial charge in [0.25, 0.3) is 5.91 Å². The number of fused-ring (bicyclic) bond motifs is 1. The fourth-order valence-electron chi connectivity index (χ4n) is 2.12. The van der Waals surface area contributed by atoms with Crippen molar-refractivity contribution in [2.24, 2.45) is 0 Å². The molecule has 0 atom stereocenters. The minimum atomic E-state index is -0.186. The molecule has 3 rings (SSSR count). The Morgan fingerprint density at radius 3 is 2.71 bits per heavy atom. The Kier molecular flexibility index (Phi) is 3.92. The maximum absolute atomic E-state index is 12.5. The zero-order chi connectivity index (χ0) is 14.7. The van der Waals surface area contributed by atoms with E-state index in [-0.39, 0.29) is 5.91 Å². The summed E-state index contributed by atoms with van der Waals surface area (Å²) in [6.45, 7) is 0. The fraction of sp³-hybridized carbons (Fsp3) is 0.0625. The quantitative estimate of drug-likeness (QED) is 0.737. The van der Waals surface area contributed by atoms with Crippen LogP contribution in [0.1, 0.15) is 15.9 Å². The highest BCUT2D eigenvalue weighted by Crippen LogP contribution is 2.20. The molecular weight excluding hydrogens is 330 g/mol. The van der Waals surface area contributed by atoms with E-state index in [0.717, 1.165) is 11.3 Å². The highest BCUT2D eigenvalue weighted by atomic mass is 79.9. The van der Waals surface area contributed by atoms with E-state index in [0.29, 0.717) is 21.9 Å². The van der Waals surface area contributed by atoms with Crippen molar-refractivity contribution in [3.63, 3.8) is 0 Å². The van der Waals surface area contributed by atoms with Gasteiger partial charge in [0.1, 0.15) is 5.52 Å². The second-order valence-electron chi connectivity index (χ2n) is 4.47. The number of hydrogen-bond acceptors (Lipinski definition) is 3. The number of aromatic nitrogens is 2. The molecule has 0 saturated carbocycles. The number of halogens is 1. The van der Waals surface area contributed by atoms with Crippen LogP contribution in [0.3, 0.4) is 0 Å². The maximum Gasteiger partial charge on any atom is 0.257 e. The third-order valence-corrected chi connectivity index (χ3v) is 3.76. The first-order valence-electron chi connectivity index (χ1n) is 6.44. The van der Waals surface area contributed by atoms with E-state index in [1.165, 1.54) is 0 Å². The van der Waals surface area contributed by atoms with Crippen molar-refractivity contribution in [3.05, 3.63) is 66.0 Å². The molecule has 1 amide bonds. The van der Waals surface area contributed by atoms with Gasteiger partial charge in [-0.1, -0.05) is 40.2 Å². The van der Waals surface area contributed by atoms with Gasteiger partial charge in [0.05, 0.1) is 11.1 Å². The Morgan fingerprint density at radius 1 is 1.05 bits per heavy atom. The molecule has 0 radical (unpaired) electrons. The van der Waals surface area contributed by atoms with Crippen molar-refractivity contribution in [1.82, 2.24) is 9.97 Å². The average molecular weight is 342 g/mol. The summed E-state index contributed by atoms with van der Waals surface area (Å²) in [4.78, 5) is 21.0. The molecule has 1 heterocycles. The molecule has 5 heteroatoms. The number of hydrogen-bond donors (Lipinski definition) is 1. The van der Waals surface area contributed by atoms with Crippen LogP contribution < -0.4 is 5.32 Å². The molecule has 4 nitrogen and oxygen atoms in total. The van der Waals surface area contributed by atoms with Gasteiger partial charge in [-0.05, 0) is 23.8 Å². The van der Waals surface area contributed by atoms with Gasteiger partial charge in [0.15, 0.2) is 0 Å². The number of nitrogens with one attached hydrogen (secondary N) is 1. The van der Waals surface area contributed by atoms with Crippen molar-refractivity contribution >= 4 is 38.6 Å². The lowest BCUT2D eigenvalue weighted by atomic mass is 10.1. The van der Waals surface area contributed by atoms with Gasteiger partial charge in [-0.15, -0.1) is 0 Å². The number of alkyl halides is 1. The van der Waals surface area contributed by atoms with Crippen molar-refractivity contribution < 1.29 is 4.79 Å². The fourth-order valence-corrected chi connectivity index (χ4v) is 2.61. The van der Waals surface area contributed by atoms with E-state index >= 15 is 0 Å². The molecule has 0 bridgehead atoms. The Hall–Kier alpha value is -2.27. The standard InChI is InChI=1S/C16H12BrN3O/c17-10-11-4-1-2-6-13(11)20-16(21)12-5-3-7-14-15(12)19-9-8-18-14/h1-9H,10H2,(H,20,21). The lowest BCUT2D eigenvalue weighted by Crippen LogP contribution is -2.14. The molecule has 0 aliphatic rings. The first-order valence-corrected chi connectivity index (χ1v) is 7.56. The molecule has 21 heavy (non-hydrogen) atoms. The first kappa shape index (κ1) is 13.7. The monoisotopic (exact) mass is 341 g/mol. The predicted octanol–water partition coefficient (Wildman–Crippen LogP) is 3.78. The van der Waals surface area contributed by atoms with Gasteiger partial charge < -0.3 is 5.32 Å². The minimum absolute atomic E-state index is 0.186. The third kappa shape index (κ3) is 2.78. The summed E-state index contributed by atoms with van der Waals surface area (Å²) in [6, 6.07) is 13.1. The highest BCUT2D eigenvalue weighted by molar-refractivity contribution is 9.08. The molecule has 1 aromatic heterocycles. The third-order valence-electron chi connectivity index (χ3n) is 3.15. The summed E-state index contributed by atoms with van der Waals surface area (Å²) in [7, 11) is 0. The molecule has 1 N–H and O–H groups in total. The molecule has 0 unspecified atom stereocenters. The summed E-state index contributed by atoms with van der Waals surface area (Å²) in [5, 5.41) is 3.61. The average Bonchev–Trinajstić information content (AvgIpc) is 2.54. The number of nitrogens with zero attached hydrogens (tertiary/aromatic N) is 2. The van der Waals surface area contributed by atoms with Crippen LogP contribution in [-0.4, -0.2) is 15.9 Å². The molecule has 0 aliphatic carbocycles. The number of carbonyl (C=O) groups is 1. The van der Waals surface area contributed by atoms with Crippen LogP contribution >= 0.6 is 15.9 Å². The number of amides is 1. The van der Waals surface area contributed by atoms with Gasteiger partial charge in [-0.3, -0.25) is 14.8 Å². The Balaban J connectivity index is 1.98. The van der Waals surface area contributed by atoms with E-state index < -0.39 is 0 Å². The summed E-state index contributed by atoms with van der Waals surface area (Å²) in [5.74, 6) is -0.186. The number of para-hydroxylation sites is 2. The number of benzene rings is 2. The van der Waals surface area contributed by atoms with Crippen LogP contribution in [0.25, 0.3) is 11.0 Å². The van der Waals surface area contributed by atoms with Gasteiger partial charge >= 0.3 is 0 Å². The maximum atomic E-state index is 12.5. The molecule has 104 valence electrons. The predicted molar refractivity (Wildman–Crippen MR) is 86.6 cm³/mol. The van der Waals surface area contributed by atoms with Crippen LogP contribution in [0.5, 0.6) is 0 Å². The second-order valence-corrected chi connectivity index (χ2v) is 5.04. The Labute approximate surface area is 130 Å². The molecule has 0 aliphatic heterocycles. The van der Waals surface area contributed by atoms with Crippen LogP contribution in [-0.2, 0) is 5.33 Å². The molecule has 0 spiro atoms. The van der Waals surface area contributed by atoms with Crippen molar-refractivity contribution in [1.29, 1.82) is 0 Å². The van der Waals surface area contributed by atoms with Crippen LogP contribution in [0.15, 0.2) is 54.9 Å². The summed E-state index contributed by atoms with van der Waals surface area (Å²) < 4.78 is 0. The molecule has 2 aromatic carbocycles. The molecule has 0 saturated heterocycles. The number of anilines is 1. The zero-order valence-corrected chi connectivity index (χ0v) is 12.7. The highest BCUT2D eigenvalue weighted by Gasteiger charge is 2.12. The SMILES string of the molecule is O=C(Nc1ccccc1CBr)c1cccc2nccnc12. The van der Waals surface area contributed by atoms with Gasteiger partial charge in [-0.2, -0.15) is 0 Å². The Bertz CT molecular complexity index is 799. The second kappa shape index (κ2) is 6.01.